The summed E-state index contributed by atoms with van der Waals surface area (Å²) in [4.78, 5) is 21.1. The van der Waals surface area contributed by atoms with Gasteiger partial charge in [0.2, 0.25) is 0 Å². The summed E-state index contributed by atoms with van der Waals surface area (Å²) in [6, 6.07) is 12.9. The second-order valence-corrected chi connectivity index (χ2v) is 9.25. The van der Waals surface area contributed by atoms with E-state index < -0.39 is 0 Å². The first kappa shape index (κ1) is 19.3. The molecule has 0 bridgehead atoms. The zero-order valence-corrected chi connectivity index (χ0v) is 18.1. The summed E-state index contributed by atoms with van der Waals surface area (Å²) in [6.07, 6.45) is 7.86. The quantitative estimate of drug-likeness (QED) is 0.583. The summed E-state index contributed by atoms with van der Waals surface area (Å²) in [5, 5.41) is 5.44. The monoisotopic (exact) mass is 402 g/mol. The van der Waals surface area contributed by atoms with Crippen LogP contribution < -0.4 is 0 Å². The summed E-state index contributed by atoms with van der Waals surface area (Å²) in [5.74, 6) is 0.798. The Labute approximate surface area is 178 Å². The molecule has 5 rings (SSSR count). The van der Waals surface area contributed by atoms with E-state index in [1.54, 1.807) is 0 Å². The smallest absolute Gasteiger partial charge is 0.255 e. The summed E-state index contributed by atoms with van der Waals surface area (Å²) in [6.45, 7) is 6.41. The van der Waals surface area contributed by atoms with Crippen molar-refractivity contribution in [3.63, 3.8) is 0 Å². The zero-order chi connectivity index (χ0) is 20.8. The number of benzene rings is 1. The largest absolute Gasteiger partial charge is 0.333 e. The maximum atomic E-state index is 13.9. The second-order valence-electron chi connectivity index (χ2n) is 9.25. The van der Waals surface area contributed by atoms with E-state index in [4.69, 9.17) is 4.98 Å². The van der Waals surface area contributed by atoms with Gasteiger partial charge in [-0.05, 0) is 52.0 Å². The number of aromatic nitrogens is 3. The van der Waals surface area contributed by atoms with E-state index in [0.717, 1.165) is 40.7 Å². The van der Waals surface area contributed by atoms with Crippen LogP contribution in [0.25, 0.3) is 22.3 Å². The summed E-state index contributed by atoms with van der Waals surface area (Å²) in [7, 11) is 0. The Morgan fingerprint density at radius 3 is 2.67 bits per heavy atom. The highest BCUT2D eigenvalue weighted by Crippen LogP contribution is 2.41. The van der Waals surface area contributed by atoms with Gasteiger partial charge in [-0.2, -0.15) is 5.10 Å². The molecule has 0 N–H and O–H groups in total. The van der Waals surface area contributed by atoms with E-state index >= 15 is 0 Å². The van der Waals surface area contributed by atoms with Gasteiger partial charge in [0.1, 0.15) is 0 Å². The number of likely N-dealkylation sites (tertiary alicyclic amines) is 1. The molecule has 3 atom stereocenters. The van der Waals surface area contributed by atoms with Crippen LogP contribution in [0.2, 0.25) is 0 Å². The predicted molar refractivity (Wildman–Crippen MR) is 119 cm³/mol. The molecule has 3 unspecified atom stereocenters. The maximum Gasteiger partial charge on any atom is 0.255 e. The van der Waals surface area contributed by atoms with Gasteiger partial charge in [-0.25, -0.2) is 9.67 Å². The van der Waals surface area contributed by atoms with Crippen LogP contribution in [0.15, 0.2) is 42.6 Å². The van der Waals surface area contributed by atoms with Crippen molar-refractivity contribution in [2.75, 3.05) is 0 Å². The molecule has 3 heterocycles. The number of carbonyl (C=O) groups excluding carboxylic acids is 1. The maximum absolute atomic E-state index is 13.9. The van der Waals surface area contributed by atoms with Crippen LogP contribution in [0.1, 0.15) is 69.3 Å². The predicted octanol–water partition coefficient (Wildman–Crippen LogP) is 5.47. The van der Waals surface area contributed by atoms with Gasteiger partial charge in [0.15, 0.2) is 5.65 Å². The average molecular weight is 403 g/mol. The number of carbonyl (C=O) groups is 1. The molecule has 1 saturated carbocycles. The molecule has 2 aliphatic rings. The normalized spacial score (nSPS) is 23.9. The van der Waals surface area contributed by atoms with Crippen LogP contribution in [-0.2, 0) is 0 Å². The fraction of sp³-hybridized carbons (Fsp3) is 0.480. The van der Waals surface area contributed by atoms with Crippen LogP contribution in [0.3, 0.4) is 0 Å². The minimum Gasteiger partial charge on any atom is -0.333 e. The molecule has 1 amide bonds. The standard InChI is InChI=1S/C25H30N4O/c1-16(2)29-24-21(15-26-29)20(14-22(27-24)18-9-5-4-6-10-18)25(30)28-17(3)13-19-11-7-8-12-23(19)28/h4-6,9-10,14-17,19,23H,7-8,11-13H2,1-3H3. The molecule has 30 heavy (non-hydrogen) atoms. The van der Waals surface area contributed by atoms with E-state index in [0.29, 0.717) is 12.0 Å². The molecular formula is C25H30N4O. The van der Waals surface area contributed by atoms with E-state index in [-0.39, 0.29) is 18.0 Å². The van der Waals surface area contributed by atoms with Crippen molar-refractivity contribution in [3.05, 3.63) is 48.2 Å². The van der Waals surface area contributed by atoms with Crippen molar-refractivity contribution in [2.24, 2.45) is 5.92 Å². The first-order valence-electron chi connectivity index (χ1n) is 11.3. The second kappa shape index (κ2) is 7.53. The van der Waals surface area contributed by atoms with Gasteiger partial charge < -0.3 is 4.90 Å². The zero-order valence-electron chi connectivity index (χ0n) is 18.1. The minimum atomic E-state index is 0.143. The lowest BCUT2D eigenvalue weighted by Gasteiger charge is -2.33. The van der Waals surface area contributed by atoms with Crippen molar-refractivity contribution in [2.45, 2.75) is 71.0 Å². The van der Waals surface area contributed by atoms with Crippen LogP contribution >= 0.6 is 0 Å². The van der Waals surface area contributed by atoms with E-state index in [1.165, 1.54) is 19.3 Å². The molecule has 1 aromatic carbocycles. The number of rotatable bonds is 3. The van der Waals surface area contributed by atoms with Gasteiger partial charge in [-0.1, -0.05) is 43.2 Å². The highest BCUT2D eigenvalue weighted by atomic mass is 16.2. The number of fused-ring (bicyclic) bond motifs is 2. The lowest BCUT2D eigenvalue weighted by molar-refractivity contribution is 0.0635. The number of nitrogens with zero attached hydrogens (tertiary/aromatic N) is 4. The van der Waals surface area contributed by atoms with E-state index in [2.05, 4.69) is 30.8 Å². The Morgan fingerprint density at radius 1 is 1.13 bits per heavy atom. The minimum absolute atomic E-state index is 0.143. The van der Waals surface area contributed by atoms with Crippen molar-refractivity contribution in [1.29, 1.82) is 0 Å². The molecule has 0 radical (unpaired) electrons. The Hall–Kier alpha value is -2.69. The van der Waals surface area contributed by atoms with Gasteiger partial charge in [-0.3, -0.25) is 4.79 Å². The molecule has 156 valence electrons. The fourth-order valence-corrected chi connectivity index (χ4v) is 5.53. The molecular weight excluding hydrogens is 372 g/mol. The van der Waals surface area contributed by atoms with Gasteiger partial charge in [-0.15, -0.1) is 0 Å². The van der Waals surface area contributed by atoms with Crippen LogP contribution in [0.5, 0.6) is 0 Å². The van der Waals surface area contributed by atoms with Crippen molar-refractivity contribution >= 4 is 16.9 Å². The number of hydrogen-bond donors (Lipinski definition) is 0. The molecule has 0 spiro atoms. The topological polar surface area (TPSA) is 51.0 Å². The molecule has 2 fully saturated rings. The molecule has 3 aromatic rings. The van der Waals surface area contributed by atoms with Gasteiger partial charge in [0.25, 0.3) is 5.91 Å². The van der Waals surface area contributed by atoms with Crippen molar-refractivity contribution in [3.8, 4) is 11.3 Å². The number of hydrogen-bond acceptors (Lipinski definition) is 3. The van der Waals surface area contributed by atoms with Gasteiger partial charge in [0.05, 0.1) is 22.8 Å². The van der Waals surface area contributed by atoms with Crippen molar-refractivity contribution < 1.29 is 4.79 Å². The third-order valence-corrected chi connectivity index (χ3v) is 6.94. The average Bonchev–Trinajstić information content (AvgIpc) is 3.33. The lowest BCUT2D eigenvalue weighted by atomic mass is 9.85. The molecule has 1 aliphatic carbocycles. The van der Waals surface area contributed by atoms with Crippen LogP contribution in [0, 0.1) is 5.92 Å². The van der Waals surface area contributed by atoms with E-state index in [1.807, 2.05) is 47.3 Å². The molecule has 1 aliphatic heterocycles. The summed E-state index contributed by atoms with van der Waals surface area (Å²) < 4.78 is 1.93. The number of pyridine rings is 1. The lowest BCUT2D eigenvalue weighted by Crippen LogP contribution is -2.42. The molecule has 1 saturated heterocycles. The van der Waals surface area contributed by atoms with Gasteiger partial charge in [0, 0.05) is 23.7 Å². The summed E-state index contributed by atoms with van der Waals surface area (Å²) >= 11 is 0. The van der Waals surface area contributed by atoms with E-state index in [9.17, 15) is 4.79 Å². The molecule has 5 heteroatoms. The Kier molecular flexibility index (Phi) is 4.84. The third kappa shape index (κ3) is 3.11. The Balaban J connectivity index is 1.65. The first-order chi connectivity index (χ1) is 14.5. The third-order valence-electron chi connectivity index (χ3n) is 6.94. The van der Waals surface area contributed by atoms with Crippen LogP contribution in [-0.4, -0.2) is 37.7 Å². The Bertz CT molecular complexity index is 1070. The summed E-state index contributed by atoms with van der Waals surface area (Å²) in [5.41, 5.74) is 3.39. The van der Waals surface area contributed by atoms with Crippen molar-refractivity contribution in [1.82, 2.24) is 19.7 Å². The first-order valence-corrected chi connectivity index (χ1v) is 11.3. The highest BCUT2D eigenvalue weighted by molar-refractivity contribution is 6.06. The molecule has 5 nitrogen and oxygen atoms in total. The van der Waals surface area contributed by atoms with Gasteiger partial charge >= 0.3 is 0 Å². The fourth-order valence-electron chi connectivity index (χ4n) is 5.53. The number of amides is 1. The molecule has 2 aromatic heterocycles. The SMILES string of the molecule is CC1CC2CCCCC2N1C(=O)c1cc(-c2ccccc2)nc2c1cnn2C(C)C. The van der Waals surface area contributed by atoms with Crippen LogP contribution in [0.4, 0.5) is 0 Å². The highest BCUT2D eigenvalue weighted by Gasteiger charge is 2.43. The Morgan fingerprint density at radius 2 is 1.90 bits per heavy atom.